The summed E-state index contributed by atoms with van der Waals surface area (Å²) in [6.45, 7) is 6.29. The van der Waals surface area contributed by atoms with Crippen molar-refractivity contribution >= 4 is 17.5 Å². The maximum Gasteiger partial charge on any atom is 0.242 e. The van der Waals surface area contributed by atoms with Crippen LogP contribution in [0.15, 0.2) is 6.07 Å². The van der Waals surface area contributed by atoms with Crippen molar-refractivity contribution in [3.63, 3.8) is 0 Å². The minimum atomic E-state index is -0.833. The highest BCUT2D eigenvalue weighted by Gasteiger charge is 2.17. The van der Waals surface area contributed by atoms with Gasteiger partial charge in [0.1, 0.15) is 6.04 Å². The van der Waals surface area contributed by atoms with Gasteiger partial charge in [-0.3, -0.25) is 4.79 Å². The summed E-state index contributed by atoms with van der Waals surface area (Å²) >= 11 is 0. The normalized spacial score (nSPS) is 11.8. The lowest BCUT2D eigenvalue weighted by Crippen LogP contribution is -2.37. The highest BCUT2D eigenvalue weighted by Crippen LogP contribution is 2.19. The molecule has 112 valence electrons. The van der Waals surface area contributed by atoms with Crippen LogP contribution >= 0.6 is 0 Å². The summed E-state index contributed by atoms with van der Waals surface area (Å²) in [7, 11) is 0. The lowest BCUT2D eigenvalue weighted by molar-refractivity contribution is -0.121. The number of likely N-dealkylation sites (N-methyl/N-ethyl adjacent to an activating group) is 1. The van der Waals surface area contributed by atoms with E-state index in [0.29, 0.717) is 13.1 Å². The Morgan fingerprint density at radius 1 is 1.30 bits per heavy atom. The third-order valence-corrected chi connectivity index (χ3v) is 2.57. The molecule has 1 amide bonds. The molecular weight excluding hydrogens is 266 g/mol. The number of anilines is 2. The van der Waals surface area contributed by atoms with Crippen LogP contribution in [-0.4, -0.2) is 30.0 Å². The molecule has 0 aliphatic heterocycles. The second-order valence-corrected chi connectivity index (χ2v) is 4.34. The summed E-state index contributed by atoms with van der Waals surface area (Å²) in [6, 6.07) is 0.0825. The van der Waals surface area contributed by atoms with E-state index in [1.54, 1.807) is 13.8 Å². The summed E-state index contributed by atoms with van der Waals surface area (Å²) in [4.78, 5) is 15.4. The quantitative estimate of drug-likeness (QED) is 0.718. The van der Waals surface area contributed by atoms with Crippen LogP contribution in [-0.2, 0) is 4.79 Å². The summed E-state index contributed by atoms with van der Waals surface area (Å²) < 4.78 is 27.1. The molecular formula is C13H20F2N4O. The van der Waals surface area contributed by atoms with Crippen LogP contribution in [0.5, 0.6) is 0 Å². The molecule has 0 aliphatic rings. The first kappa shape index (κ1) is 16.1. The Labute approximate surface area is 117 Å². The number of carbonyl (C=O) groups is 1. The Balaban J connectivity index is 2.86. The van der Waals surface area contributed by atoms with Gasteiger partial charge in [0.05, 0.1) is 0 Å². The molecule has 0 bridgehead atoms. The van der Waals surface area contributed by atoms with Gasteiger partial charge >= 0.3 is 0 Å². The SMILES string of the molecule is CCCNc1nc(NC(C)C(=O)NCC)c(F)cc1F. The molecule has 3 N–H and O–H groups in total. The zero-order valence-corrected chi connectivity index (χ0v) is 11.9. The highest BCUT2D eigenvalue weighted by molar-refractivity contribution is 5.83. The smallest absolute Gasteiger partial charge is 0.242 e. The Hall–Kier alpha value is -1.92. The van der Waals surface area contributed by atoms with Crippen molar-refractivity contribution in [1.29, 1.82) is 0 Å². The first-order valence-corrected chi connectivity index (χ1v) is 6.63. The lowest BCUT2D eigenvalue weighted by atomic mass is 10.3. The van der Waals surface area contributed by atoms with E-state index >= 15 is 0 Å². The number of hydrogen-bond acceptors (Lipinski definition) is 4. The van der Waals surface area contributed by atoms with Crippen molar-refractivity contribution in [2.45, 2.75) is 33.2 Å². The zero-order valence-electron chi connectivity index (χ0n) is 11.9. The zero-order chi connectivity index (χ0) is 15.1. The van der Waals surface area contributed by atoms with Gasteiger partial charge in [-0.1, -0.05) is 6.92 Å². The van der Waals surface area contributed by atoms with E-state index < -0.39 is 17.7 Å². The standard InChI is InChI=1S/C13H20F2N4O/c1-4-6-17-11-9(14)7-10(15)12(19-11)18-8(3)13(20)16-5-2/h7-8H,4-6H2,1-3H3,(H,16,20)(H2,17,18,19). The fourth-order valence-corrected chi connectivity index (χ4v) is 1.53. The molecule has 1 atom stereocenters. The van der Waals surface area contributed by atoms with E-state index in [9.17, 15) is 13.6 Å². The molecule has 1 heterocycles. The van der Waals surface area contributed by atoms with Gasteiger partial charge in [-0.2, -0.15) is 0 Å². The summed E-state index contributed by atoms with van der Waals surface area (Å²) in [6.07, 6.45) is 0.788. The molecule has 0 aromatic carbocycles. The van der Waals surface area contributed by atoms with E-state index in [4.69, 9.17) is 0 Å². The van der Waals surface area contributed by atoms with Crippen molar-refractivity contribution in [2.75, 3.05) is 23.7 Å². The van der Waals surface area contributed by atoms with E-state index in [1.165, 1.54) is 0 Å². The van der Waals surface area contributed by atoms with Gasteiger partial charge < -0.3 is 16.0 Å². The molecule has 0 saturated carbocycles. The number of halogens is 2. The van der Waals surface area contributed by atoms with E-state index in [0.717, 1.165) is 12.5 Å². The molecule has 1 aromatic rings. The number of rotatable bonds is 7. The second kappa shape index (κ2) is 7.62. The molecule has 0 aliphatic carbocycles. The van der Waals surface area contributed by atoms with E-state index in [1.807, 2.05) is 6.92 Å². The van der Waals surface area contributed by atoms with Crippen LogP contribution in [0.4, 0.5) is 20.4 Å². The Bertz CT molecular complexity index is 468. The highest BCUT2D eigenvalue weighted by atomic mass is 19.1. The molecule has 1 unspecified atom stereocenters. The van der Waals surface area contributed by atoms with Crippen molar-refractivity contribution in [3.05, 3.63) is 17.7 Å². The summed E-state index contributed by atoms with van der Waals surface area (Å²) in [5, 5.41) is 8.00. The van der Waals surface area contributed by atoms with Gasteiger partial charge in [-0.25, -0.2) is 13.8 Å². The number of aromatic nitrogens is 1. The van der Waals surface area contributed by atoms with Crippen molar-refractivity contribution in [3.8, 4) is 0 Å². The Morgan fingerprint density at radius 2 is 1.95 bits per heavy atom. The molecule has 1 rings (SSSR count). The summed E-state index contributed by atoms with van der Waals surface area (Å²) in [5.74, 6) is -2.04. The van der Waals surface area contributed by atoms with Gasteiger partial charge in [0.25, 0.3) is 0 Å². The number of carbonyl (C=O) groups excluding carboxylic acids is 1. The Morgan fingerprint density at radius 3 is 2.55 bits per heavy atom. The molecule has 20 heavy (non-hydrogen) atoms. The number of nitrogens with one attached hydrogen (secondary N) is 3. The molecule has 0 spiro atoms. The maximum atomic E-state index is 13.6. The van der Waals surface area contributed by atoms with Crippen LogP contribution in [0, 0.1) is 11.6 Å². The average Bonchev–Trinajstić information content (AvgIpc) is 2.40. The van der Waals surface area contributed by atoms with Gasteiger partial charge in [0.2, 0.25) is 5.91 Å². The van der Waals surface area contributed by atoms with Gasteiger partial charge in [0.15, 0.2) is 23.3 Å². The van der Waals surface area contributed by atoms with Crippen LogP contribution in [0.1, 0.15) is 27.2 Å². The van der Waals surface area contributed by atoms with Crippen molar-refractivity contribution < 1.29 is 13.6 Å². The van der Waals surface area contributed by atoms with E-state index in [-0.39, 0.29) is 17.5 Å². The van der Waals surface area contributed by atoms with E-state index in [2.05, 4.69) is 20.9 Å². The maximum absolute atomic E-state index is 13.6. The topological polar surface area (TPSA) is 66.0 Å². The average molecular weight is 286 g/mol. The monoisotopic (exact) mass is 286 g/mol. The first-order chi connectivity index (χ1) is 9.49. The third-order valence-electron chi connectivity index (χ3n) is 2.57. The van der Waals surface area contributed by atoms with Crippen LogP contribution in [0.3, 0.4) is 0 Å². The first-order valence-electron chi connectivity index (χ1n) is 6.63. The molecule has 0 radical (unpaired) electrons. The van der Waals surface area contributed by atoms with Gasteiger partial charge in [-0.15, -0.1) is 0 Å². The predicted octanol–water partition coefficient (Wildman–Crippen LogP) is 2.12. The number of amides is 1. The minimum Gasteiger partial charge on any atom is -0.368 e. The largest absolute Gasteiger partial charge is 0.368 e. The molecule has 0 saturated heterocycles. The fourth-order valence-electron chi connectivity index (χ4n) is 1.53. The second-order valence-electron chi connectivity index (χ2n) is 4.34. The third kappa shape index (κ3) is 4.32. The molecule has 7 heteroatoms. The number of pyridine rings is 1. The molecule has 0 fully saturated rings. The lowest BCUT2D eigenvalue weighted by Gasteiger charge is -2.15. The minimum absolute atomic E-state index is 0.0288. The van der Waals surface area contributed by atoms with Crippen molar-refractivity contribution in [1.82, 2.24) is 10.3 Å². The van der Waals surface area contributed by atoms with Gasteiger partial charge in [-0.05, 0) is 20.3 Å². The van der Waals surface area contributed by atoms with Crippen LogP contribution in [0.25, 0.3) is 0 Å². The van der Waals surface area contributed by atoms with Crippen LogP contribution in [0.2, 0.25) is 0 Å². The van der Waals surface area contributed by atoms with Crippen LogP contribution < -0.4 is 16.0 Å². The fraction of sp³-hybridized carbons (Fsp3) is 0.538. The van der Waals surface area contributed by atoms with Crippen molar-refractivity contribution in [2.24, 2.45) is 0 Å². The Kier molecular flexibility index (Phi) is 6.14. The summed E-state index contributed by atoms with van der Waals surface area (Å²) in [5.41, 5.74) is 0. The predicted molar refractivity (Wildman–Crippen MR) is 74.7 cm³/mol. The molecule has 5 nitrogen and oxygen atoms in total. The number of nitrogens with zero attached hydrogens (tertiary/aromatic N) is 1. The number of hydrogen-bond donors (Lipinski definition) is 3. The molecule has 1 aromatic heterocycles. The van der Waals surface area contributed by atoms with Gasteiger partial charge in [0, 0.05) is 19.2 Å².